The maximum Gasteiger partial charge on any atom is 0.159 e. The molecule has 0 radical (unpaired) electrons. The SMILES string of the molecule is C=C/C(=C\C(=C/C)C(=C)/C=c1/c(-c2nc3c(-c4cc(F)cc(CNC)c4)nccc3[nH]2)n[nH]/c1=C/C)NC(=C)C1CCCC1.C=C=C.CC. The highest BCUT2D eigenvalue weighted by molar-refractivity contribution is 5.91. The van der Waals surface area contributed by atoms with Gasteiger partial charge >= 0.3 is 0 Å². The molecule has 0 spiro atoms. The van der Waals surface area contributed by atoms with Gasteiger partial charge in [-0.05, 0) is 98.9 Å². The molecule has 0 unspecified atom stereocenters. The number of imidazole rings is 1. The van der Waals surface area contributed by atoms with E-state index in [4.69, 9.17) is 4.98 Å². The van der Waals surface area contributed by atoms with Crippen molar-refractivity contribution in [2.45, 2.75) is 59.9 Å². The zero-order valence-electron chi connectivity index (χ0n) is 29.6. The molecule has 0 saturated heterocycles. The molecule has 0 bridgehead atoms. The summed E-state index contributed by atoms with van der Waals surface area (Å²) in [5.41, 5.74) is 10.1. The summed E-state index contributed by atoms with van der Waals surface area (Å²) in [5, 5.41) is 16.0. The fraction of sp³-hybridized carbons (Fsp3) is 0.268. The van der Waals surface area contributed by atoms with Gasteiger partial charge in [-0.15, -0.1) is 5.73 Å². The maximum atomic E-state index is 14.5. The van der Waals surface area contributed by atoms with Crippen LogP contribution < -0.4 is 21.2 Å². The molecule has 4 aromatic rings. The van der Waals surface area contributed by atoms with Crippen LogP contribution in [0.5, 0.6) is 0 Å². The minimum atomic E-state index is -0.320. The molecular formula is C41H50FN7. The van der Waals surface area contributed by atoms with Crippen molar-refractivity contribution >= 4 is 23.2 Å². The first-order valence-corrected chi connectivity index (χ1v) is 16.7. The summed E-state index contributed by atoms with van der Waals surface area (Å²) >= 11 is 0. The highest BCUT2D eigenvalue weighted by atomic mass is 19.1. The molecule has 256 valence electrons. The molecule has 3 heterocycles. The third-order valence-corrected chi connectivity index (χ3v) is 8.04. The van der Waals surface area contributed by atoms with Gasteiger partial charge in [0.2, 0.25) is 0 Å². The zero-order chi connectivity index (χ0) is 35.9. The Morgan fingerprint density at radius 3 is 2.45 bits per heavy atom. The van der Waals surface area contributed by atoms with Crippen molar-refractivity contribution in [1.82, 2.24) is 35.8 Å². The molecular weight excluding hydrogens is 609 g/mol. The van der Waals surface area contributed by atoms with Crippen LogP contribution in [0.25, 0.3) is 46.0 Å². The second kappa shape index (κ2) is 18.9. The number of hydrogen-bond acceptors (Lipinski definition) is 5. The van der Waals surface area contributed by atoms with Crippen molar-refractivity contribution in [3.63, 3.8) is 0 Å². The van der Waals surface area contributed by atoms with Gasteiger partial charge in [-0.25, -0.2) is 9.37 Å². The van der Waals surface area contributed by atoms with Gasteiger partial charge < -0.3 is 15.6 Å². The summed E-state index contributed by atoms with van der Waals surface area (Å²) in [4.78, 5) is 12.9. The number of allylic oxidation sites excluding steroid dienone is 6. The Morgan fingerprint density at radius 2 is 1.82 bits per heavy atom. The number of H-pyrrole nitrogens is 2. The predicted octanol–water partition coefficient (Wildman–Crippen LogP) is 8.30. The summed E-state index contributed by atoms with van der Waals surface area (Å²) in [6.07, 6.45) is 16.4. The van der Waals surface area contributed by atoms with Crippen molar-refractivity contribution in [3.05, 3.63) is 132 Å². The van der Waals surface area contributed by atoms with E-state index in [2.05, 4.69) is 69.4 Å². The van der Waals surface area contributed by atoms with E-state index in [0.717, 1.165) is 44.2 Å². The minimum absolute atomic E-state index is 0.320. The lowest BCUT2D eigenvalue weighted by Crippen LogP contribution is -2.24. The Morgan fingerprint density at radius 1 is 1.10 bits per heavy atom. The number of halogens is 1. The number of hydrogen-bond donors (Lipinski definition) is 4. The van der Waals surface area contributed by atoms with Crippen molar-refractivity contribution in [3.8, 4) is 22.8 Å². The van der Waals surface area contributed by atoms with E-state index in [1.54, 1.807) is 6.20 Å². The van der Waals surface area contributed by atoms with E-state index >= 15 is 0 Å². The van der Waals surface area contributed by atoms with Gasteiger partial charge in [-0.2, -0.15) is 5.10 Å². The average Bonchev–Trinajstić information content (AvgIpc) is 3.88. The third kappa shape index (κ3) is 9.63. The van der Waals surface area contributed by atoms with E-state index in [0.29, 0.717) is 40.8 Å². The Hall–Kier alpha value is -5.30. The summed E-state index contributed by atoms with van der Waals surface area (Å²) < 4.78 is 14.5. The highest BCUT2D eigenvalue weighted by Crippen LogP contribution is 2.30. The van der Waals surface area contributed by atoms with E-state index in [-0.39, 0.29) is 5.82 Å². The second-order valence-electron chi connectivity index (χ2n) is 11.3. The molecule has 0 aliphatic heterocycles. The molecule has 4 N–H and O–H groups in total. The number of fused-ring (bicyclic) bond motifs is 1. The van der Waals surface area contributed by atoms with E-state index in [9.17, 15) is 4.39 Å². The quantitative estimate of drug-likeness (QED) is 0.0960. The Kier molecular flexibility index (Phi) is 14.7. The fourth-order valence-electron chi connectivity index (χ4n) is 5.76. The summed E-state index contributed by atoms with van der Waals surface area (Å²) in [6, 6.07) is 6.79. The number of nitrogens with one attached hydrogen (secondary N) is 4. The van der Waals surface area contributed by atoms with Crippen molar-refractivity contribution in [2.75, 3.05) is 7.05 Å². The number of benzene rings is 1. The lowest BCUT2D eigenvalue weighted by molar-refractivity contribution is 0.607. The van der Waals surface area contributed by atoms with E-state index in [1.807, 2.05) is 77.3 Å². The first-order chi connectivity index (χ1) is 23.8. The molecule has 0 atom stereocenters. The molecule has 1 fully saturated rings. The summed E-state index contributed by atoms with van der Waals surface area (Å²) in [7, 11) is 1.83. The lowest BCUT2D eigenvalue weighted by Gasteiger charge is -2.16. The smallest absolute Gasteiger partial charge is 0.159 e. The molecule has 3 aromatic heterocycles. The molecule has 1 aliphatic carbocycles. The Bertz CT molecular complexity index is 1990. The maximum absolute atomic E-state index is 14.5. The van der Waals surface area contributed by atoms with Crippen LogP contribution in [-0.4, -0.2) is 32.2 Å². The van der Waals surface area contributed by atoms with E-state index < -0.39 is 0 Å². The van der Waals surface area contributed by atoms with Crippen LogP contribution in [-0.2, 0) is 6.54 Å². The first-order valence-electron chi connectivity index (χ1n) is 16.7. The number of aromatic nitrogens is 5. The number of nitrogens with zero attached hydrogens (tertiary/aromatic N) is 3. The van der Waals surface area contributed by atoms with Crippen LogP contribution in [0.15, 0.2) is 110 Å². The van der Waals surface area contributed by atoms with Gasteiger partial charge in [-0.3, -0.25) is 10.1 Å². The average molecular weight is 660 g/mol. The van der Waals surface area contributed by atoms with Gasteiger partial charge in [0.1, 0.15) is 17.0 Å². The largest absolute Gasteiger partial charge is 0.359 e. The van der Waals surface area contributed by atoms with Crippen molar-refractivity contribution in [1.29, 1.82) is 0 Å². The number of aromatic amines is 2. The van der Waals surface area contributed by atoms with Crippen LogP contribution >= 0.6 is 0 Å². The Labute approximate surface area is 290 Å². The van der Waals surface area contributed by atoms with Gasteiger partial charge in [0, 0.05) is 34.9 Å². The molecule has 49 heavy (non-hydrogen) atoms. The highest BCUT2D eigenvalue weighted by Gasteiger charge is 2.19. The lowest BCUT2D eigenvalue weighted by atomic mass is 10.0. The topological polar surface area (TPSA) is 94.3 Å². The first kappa shape index (κ1) is 38.2. The molecule has 8 heteroatoms. The summed E-state index contributed by atoms with van der Waals surface area (Å²) in [5.74, 6) is 0.747. The van der Waals surface area contributed by atoms with Crippen LogP contribution in [0, 0.1) is 11.7 Å². The fourth-order valence-corrected chi connectivity index (χ4v) is 5.76. The molecule has 1 aromatic carbocycles. The van der Waals surface area contributed by atoms with Crippen molar-refractivity contribution in [2.24, 2.45) is 5.92 Å². The summed E-state index contributed by atoms with van der Waals surface area (Å²) in [6.45, 7) is 27.4. The van der Waals surface area contributed by atoms with Crippen LogP contribution in [0.1, 0.15) is 58.9 Å². The van der Waals surface area contributed by atoms with Crippen LogP contribution in [0.4, 0.5) is 4.39 Å². The standard InChI is InChI=1S/C36H40FN7.C3H4.C2H6/c1-7-25(20-29(8-2)40-23(5)26-12-10-11-13-26)22(4)16-30-31(9-3)43-44-34(30)36-41-32-14-15-39-33(35(32)42-36)27-17-24(21-38-6)18-28(37)19-27;1-3-2;1-2/h7-9,14-20,26,38,40,43H,2,4-5,10-13,21H2,1,3,6H3,(H,41,42);1-2H2;1-2H3/b25-7+,29-20+,30-16+,31-9+;;. The van der Waals surface area contributed by atoms with Crippen LogP contribution in [0.2, 0.25) is 0 Å². The molecule has 1 saturated carbocycles. The van der Waals surface area contributed by atoms with Gasteiger partial charge in [0.05, 0.1) is 16.6 Å². The predicted molar refractivity (Wildman–Crippen MR) is 205 cm³/mol. The van der Waals surface area contributed by atoms with Gasteiger partial charge in [-0.1, -0.05) is 71.7 Å². The molecule has 7 nitrogen and oxygen atoms in total. The Balaban J connectivity index is 0.00000123. The van der Waals surface area contributed by atoms with E-state index in [1.165, 1.54) is 37.8 Å². The molecule has 1 aliphatic rings. The van der Waals surface area contributed by atoms with Gasteiger partial charge in [0.15, 0.2) is 5.82 Å². The van der Waals surface area contributed by atoms with Gasteiger partial charge in [0.25, 0.3) is 0 Å². The third-order valence-electron chi connectivity index (χ3n) is 8.04. The molecule has 5 rings (SSSR count). The second-order valence-corrected chi connectivity index (χ2v) is 11.3. The monoisotopic (exact) mass is 659 g/mol. The van der Waals surface area contributed by atoms with Crippen molar-refractivity contribution < 1.29 is 4.39 Å². The minimum Gasteiger partial charge on any atom is -0.359 e. The zero-order valence-corrected chi connectivity index (χ0v) is 29.6. The number of rotatable bonds is 11. The van der Waals surface area contributed by atoms with Crippen LogP contribution in [0.3, 0.4) is 0 Å². The molecule has 0 amide bonds. The normalized spacial score (nSPS) is 14.1. The number of pyridine rings is 1.